The van der Waals surface area contributed by atoms with Crippen LogP contribution in [0.5, 0.6) is 0 Å². The van der Waals surface area contributed by atoms with Gasteiger partial charge in [0.1, 0.15) is 0 Å². The lowest BCUT2D eigenvalue weighted by Crippen LogP contribution is -2.49. The van der Waals surface area contributed by atoms with Crippen molar-refractivity contribution in [2.75, 3.05) is 18.0 Å². The molecule has 2 aliphatic rings. The van der Waals surface area contributed by atoms with Gasteiger partial charge in [0.05, 0.1) is 0 Å². The molecular weight excluding hydrogens is 374 g/mol. The van der Waals surface area contributed by atoms with Crippen molar-refractivity contribution in [3.8, 4) is 0 Å². The minimum absolute atomic E-state index is 0.0143. The van der Waals surface area contributed by atoms with Gasteiger partial charge < -0.3 is 10.2 Å². The first-order valence-corrected chi connectivity index (χ1v) is 11.1. The largest absolute Gasteiger partial charge is 0.349 e. The Labute approximate surface area is 179 Å². The van der Waals surface area contributed by atoms with Crippen molar-refractivity contribution in [2.45, 2.75) is 58.0 Å². The molecule has 158 valence electrons. The molecule has 1 saturated heterocycles. The van der Waals surface area contributed by atoms with Crippen LogP contribution in [0.15, 0.2) is 48.5 Å². The first-order valence-electron chi connectivity index (χ1n) is 11.1. The van der Waals surface area contributed by atoms with Crippen molar-refractivity contribution in [2.24, 2.45) is 0 Å². The van der Waals surface area contributed by atoms with E-state index >= 15 is 0 Å². The van der Waals surface area contributed by atoms with Gasteiger partial charge in [0.2, 0.25) is 0 Å². The van der Waals surface area contributed by atoms with Crippen LogP contribution in [0.25, 0.3) is 0 Å². The number of benzene rings is 2. The van der Waals surface area contributed by atoms with Crippen LogP contribution in [-0.2, 0) is 6.54 Å². The van der Waals surface area contributed by atoms with Crippen LogP contribution in [0.3, 0.4) is 0 Å². The summed E-state index contributed by atoms with van der Waals surface area (Å²) in [6.45, 7) is 4.19. The molecule has 2 aromatic carbocycles. The van der Waals surface area contributed by atoms with Crippen LogP contribution in [-0.4, -0.2) is 36.0 Å². The summed E-state index contributed by atoms with van der Waals surface area (Å²) in [6, 6.07) is 16.0. The summed E-state index contributed by atoms with van der Waals surface area (Å²) in [5, 5.41) is 3.15. The molecule has 2 fully saturated rings. The lowest BCUT2D eigenvalue weighted by molar-refractivity contribution is 0.0927. The summed E-state index contributed by atoms with van der Waals surface area (Å²) < 4.78 is 0. The number of nitrogens with zero attached hydrogens (tertiary/aromatic N) is 2. The van der Waals surface area contributed by atoms with Crippen LogP contribution in [0.4, 0.5) is 10.5 Å². The van der Waals surface area contributed by atoms with E-state index in [1.807, 2.05) is 46.2 Å². The Morgan fingerprint density at radius 2 is 1.70 bits per heavy atom. The van der Waals surface area contributed by atoms with Gasteiger partial charge in [0.25, 0.3) is 5.91 Å². The topological polar surface area (TPSA) is 52.6 Å². The lowest BCUT2D eigenvalue weighted by Gasteiger charge is -2.36. The van der Waals surface area contributed by atoms with Crippen LogP contribution in [0.2, 0.25) is 0 Å². The van der Waals surface area contributed by atoms with E-state index in [0.29, 0.717) is 24.7 Å². The Balaban J connectivity index is 1.41. The fourth-order valence-electron chi connectivity index (χ4n) is 4.47. The number of urea groups is 1. The van der Waals surface area contributed by atoms with Gasteiger partial charge >= 0.3 is 6.03 Å². The summed E-state index contributed by atoms with van der Waals surface area (Å²) in [7, 11) is 0. The Kier molecular flexibility index (Phi) is 6.36. The number of hydrogen-bond donors (Lipinski definition) is 1. The van der Waals surface area contributed by atoms with Gasteiger partial charge in [-0.05, 0) is 61.6 Å². The normalized spacial score (nSPS) is 17.8. The molecular formula is C25H31N3O2. The van der Waals surface area contributed by atoms with E-state index in [1.54, 1.807) is 0 Å². The van der Waals surface area contributed by atoms with Crippen molar-refractivity contribution < 1.29 is 9.59 Å². The second-order valence-electron chi connectivity index (χ2n) is 8.49. The minimum atomic E-state index is -0.0143. The van der Waals surface area contributed by atoms with E-state index in [-0.39, 0.29) is 11.9 Å². The number of carbonyl (C=O) groups is 2. The molecule has 5 heteroatoms. The zero-order valence-corrected chi connectivity index (χ0v) is 17.8. The van der Waals surface area contributed by atoms with Crippen molar-refractivity contribution in [3.05, 3.63) is 65.2 Å². The molecule has 2 aromatic rings. The number of amides is 3. The molecule has 1 aliphatic carbocycles. The van der Waals surface area contributed by atoms with E-state index < -0.39 is 0 Å². The maximum absolute atomic E-state index is 13.1. The van der Waals surface area contributed by atoms with Crippen LogP contribution in [0.1, 0.15) is 60.0 Å². The lowest BCUT2D eigenvalue weighted by atomic mass is 9.95. The number of anilines is 1. The average molecular weight is 406 g/mol. The monoisotopic (exact) mass is 405 g/mol. The van der Waals surface area contributed by atoms with E-state index in [1.165, 1.54) is 30.4 Å². The Hall–Kier alpha value is -2.82. The van der Waals surface area contributed by atoms with Crippen molar-refractivity contribution in [1.82, 2.24) is 10.2 Å². The average Bonchev–Trinajstić information content (AvgIpc) is 2.77. The Morgan fingerprint density at radius 3 is 2.43 bits per heavy atom. The van der Waals surface area contributed by atoms with Crippen LogP contribution >= 0.6 is 0 Å². The molecule has 0 radical (unpaired) electrons. The van der Waals surface area contributed by atoms with Gasteiger partial charge in [-0.2, -0.15) is 0 Å². The fraction of sp³-hybridized carbons (Fsp3) is 0.440. The first-order chi connectivity index (χ1) is 14.6. The molecule has 30 heavy (non-hydrogen) atoms. The standard InChI is InChI=1S/C25H31N3O2/c1-19-8-5-6-9-21(19)18-27-16-7-17-28(25(27)30)23-14-12-20(13-15-23)24(29)26-22-10-3-2-4-11-22/h5-6,8-9,12-15,22H,2-4,7,10-11,16-18H2,1H3,(H,26,29). The first kappa shape index (κ1) is 20.5. The maximum Gasteiger partial charge on any atom is 0.324 e. The summed E-state index contributed by atoms with van der Waals surface area (Å²) in [6.07, 6.45) is 6.74. The van der Waals surface area contributed by atoms with Crippen molar-refractivity contribution in [3.63, 3.8) is 0 Å². The Bertz CT molecular complexity index is 888. The second-order valence-corrected chi connectivity index (χ2v) is 8.49. The van der Waals surface area contributed by atoms with E-state index in [4.69, 9.17) is 0 Å². The van der Waals surface area contributed by atoms with Crippen molar-refractivity contribution >= 4 is 17.6 Å². The molecule has 0 atom stereocenters. The molecule has 3 amide bonds. The van der Waals surface area contributed by atoms with Gasteiger partial charge in [-0.15, -0.1) is 0 Å². The van der Waals surface area contributed by atoms with Gasteiger partial charge in [-0.3, -0.25) is 9.69 Å². The number of rotatable bonds is 5. The molecule has 1 N–H and O–H groups in total. The highest BCUT2D eigenvalue weighted by atomic mass is 16.2. The number of nitrogens with one attached hydrogen (secondary N) is 1. The third-order valence-electron chi connectivity index (χ3n) is 6.32. The van der Waals surface area contributed by atoms with Crippen LogP contribution < -0.4 is 10.2 Å². The summed E-state index contributed by atoms with van der Waals surface area (Å²) in [5.41, 5.74) is 3.90. The van der Waals surface area contributed by atoms with E-state index in [9.17, 15) is 9.59 Å². The van der Waals surface area contributed by atoms with E-state index in [0.717, 1.165) is 31.5 Å². The zero-order chi connectivity index (χ0) is 20.9. The fourth-order valence-corrected chi connectivity index (χ4v) is 4.47. The summed E-state index contributed by atoms with van der Waals surface area (Å²) in [4.78, 5) is 29.4. The third kappa shape index (κ3) is 4.66. The predicted octanol–water partition coefficient (Wildman–Crippen LogP) is 4.89. The highest BCUT2D eigenvalue weighted by molar-refractivity contribution is 5.96. The van der Waals surface area contributed by atoms with Crippen LogP contribution in [0, 0.1) is 6.92 Å². The highest BCUT2D eigenvalue weighted by Crippen LogP contribution is 2.23. The van der Waals surface area contributed by atoms with Gasteiger partial charge in [-0.1, -0.05) is 43.5 Å². The van der Waals surface area contributed by atoms with Gasteiger partial charge in [0.15, 0.2) is 0 Å². The maximum atomic E-state index is 13.1. The third-order valence-corrected chi connectivity index (χ3v) is 6.32. The Morgan fingerprint density at radius 1 is 0.967 bits per heavy atom. The van der Waals surface area contributed by atoms with E-state index in [2.05, 4.69) is 24.4 Å². The molecule has 0 spiro atoms. The molecule has 1 saturated carbocycles. The molecule has 1 heterocycles. The highest BCUT2D eigenvalue weighted by Gasteiger charge is 2.27. The summed E-state index contributed by atoms with van der Waals surface area (Å²) >= 11 is 0. The number of hydrogen-bond acceptors (Lipinski definition) is 2. The van der Waals surface area contributed by atoms with Crippen molar-refractivity contribution in [1.29, 1.82) is 0 Å². The molecule has 5 nitrogen and oxygen atoms in total. The number of aryl methyl sites for hydroxylation is 1. The smallest absolute Gasteiger partial charge is 0.324 e. The predicted molar refractivity (Wildman–Crippen MR) is 120 cm³/mol. The quantitative estimate of drug-likeness (QED) is 0.770. The second kappa shape index (κ2) is 9.33. The zero-order valence-electron chi connectivity index (χ0n) is 17.8. The SMILES string of the molecule is Cc1ccccc1CN1CCCN(c2ccc(C(=O)NC3CCCCC3)cc2)C1=O. The van der Waals surface area contributed by atoms with Gasteiger partial charge in [-0.25, -0.2) is 4.79 Å². The molecule has 1 aliphatic heterocycles. The molecule has 4 rings (SSSR count). The van der Waals surface area contributed by atoms with Gasteiger partial charge in [0, 0.05) is 36.9 Å². The number of carbonyl (C=O) groups excluding carboxylic acids is 2. The molecule has 0 aromatic heterocycles. The molecule has 0 bridgehead atoms. The summed E-state index contributed by atoms with van der Waals surface area (Å²) in [5.74, 6) is -0.0143. The minimum Gasteiger partial charge on any atom is -0.349 e. The molecule has 0 unspecified atom stereocenters.